The van der Waals surface area contributed by atoms with Crippen LogP contribution in [0.5, 0.6) is 0 Å². The first-order chi connectivity index (χ1) is 26.7. The Labute approximate surface area is 309 Å². The Morgan fingerprint density at radius 2 is 0.870 bits per heavy atom. The molecule has 0 spiro atoms. The Morgan fingerprint density at radius 1 is 0.370 bits per heavy atom. The lowest BCUT2D eigenvalue weighted by Gasteiger charge is -2.18. The molecule has 0 saturated heterocycles. The van der Waals surface area contributed by atoms with Crippen molar-refractivity contribution in [1.29, 1.82) is 5.26 Å². The third kappa shape index (κ3) is 3.71. The molecule has 0 bridgehead atoms. The van der Waals surface area contributed by atoms with E-state index in [-0.39, 0.29) is 0 Å². The number of benzene rings is 10. The average Bonchev–Trinajstić information content (AvgIpc) is 3.72. The number of nitrogens with zero attached hydrogens (tertiary/aromatic N) is 2. The van der Waals surface area contributed by atoms with Crippen LogP contribution >= 0.6 is 0 Å². The maximum atomic E-state index is 10.2. The smallest absolute Gasteiger partial charge is 0.187 e. The first-order valence-electron chi connectivity index (χ1n) is 18.3. The Hall–Kier alpha value is -7.52. The van der Waals surface area contributed by atoms with Gasteiger partial charge in [0.1, 0.15) is 0 Å². The highest BCUT2D eigenvalue weighted by atomic mass is 14.6. The van der Waals surface area contributed by atoms with E-state index in [1.54, 1.807) is 0 Å². The topological polar surface area (TPSA) is 28.1 Å². The van der Waals surface area contributed by atoms with Crippen molar-refractivity contribution in [2.24, 2.45) is 0 Å². The van der Waals surface area contributed by atoms with Gasteiger partial charge in [0, 0.05) is 0 Å². The van der Waals surface area contributed by atoms with Gasteiger partial charge in [-0.05, 0) is 162 Å². The number of rotatable bonds is 2. The van der Waals surface area contributed by atoms with Gasteiger partial charge >= 0.3 is 0 Å². The largest absolute Gasteiger partial charge is 0.238 e. The minimum Gasteiger partial charge on any atom is -0.238 e. The van der Waals surface area contributed by atoms with E-state index < -0.39 is 0 Å². The van der Waals surface area contributed by atoms with Crippen molar-refractivity contribution in [3.63, 3.8) is 0 Å². The van der Waals surface area contributed by atoms with Crippen LogP contribution in [0.1, 0.15) is 5.56 Å². The molecule has 244 valence electrons. The molecular formula is C52H26N2. The van der Waals surface area contributed by atoms with Gasteiger partial charge in [0.25, 0.3) is 0 Å². The van der Waals surface area contributed by atoms with Gasteiger partial charge < -0.3 is 0 Å². The Bertz CT molecular complexity index is 3690. The van der Waals surface area contributed by atoms with Crippen LogP contribution in [0.15, 0.2) is 158 Å². The molecule has 0 aliphatic carbocycles. The predicted octanol–water partition coefficient (Wildman–Crippen LogP) is 14.7. The summed E-state index contributed by atoms with van der Waals surface area (Å²) in [4.78, 5) is 3.89. The second kappa shape index (κ2) is 10.5. The van der Waals surface area contributed by atoms with Crippen LogP contribution in [0.3, 0.4) is 0 Å². The summed E-state index contributed by atoms with van der Waals surface area (Å²) in [5, 5.41) is 32.1. The highest BCUT2D eigenvalue weighted by Gasteiger charge is 2.26. The van der Waals surface area contributed by atoms with Crippen molar-refractivity contribution >= 4 is 103 Å². The highest BCUT2D eigenvalue weighted by molar-refractivity contribution is 6.44. The van der Waals surface area contributed by atoms with Gasteiger partial charge in [-0.3, -0.25) is 0 Å². The fourth-order valence-corrected chi connectivity index (χ4v) is 9.76. The first kappa shape index (κ1) is 29.1. The lowest BCUT2D eigenvalue weighted by molar-refractivity contribution is 1.49. The van der Waals surface area contributed by atoms with Crippen LogP contribution in [0, 0.1) is 17.9 Å². The van der Waals surface area contributed by atoms with E-state index in [0.717, 1.165) is 33.0 Å². The van der Waals surface area contributed by atoms with Crippen LogP contribution < -0.4 is 0 Å². The molecule has 0 aromatic heterocycles. The van der Waals surface area contributed by atoms with Crippen LogP contribution in [0.25, 0.3) is 124 Å². The molecule has 12 rings (SSSR count). The number of fused-ring (bicyclic) bond motifs is 11. The van der Waals surface area contributed by atoms with Gasteiger partial charge in [0.05, 0.1) is 18.2 Å². The van der Waals surface area contributed by atoms with Crippen molar-refractivity contribution in [3.8, 4) is 28.3 Å². The summed E-state index contributed by atoms with van der Waals surface area (Å²) in [6.45, 7) is 7.98. The fourth-order valence-electron chi connectivity index (χ4n) is 9.76. The molecule has 2 heteroatoms. The molecule has 0 unspecified atom stereocenters. The van der Waals surface area contributed by atoms with E-state index in [2.05, 4.69) is 132 Å². The zero-order valence-corrected chi connectivity index (χ0v) is 28.9. The molecule has 2 nitrogen and oxygen atoms in total. The molecule has 0 saturated carbocycles. The molecule has 0 heterocycles. The van der Waals surface area contributed by atoms with Gasteiger partial charge in [0.15, 0.2) is 5.69 Å². The van der Waals surface area contributed by atoms with Gasteiger partial charge in [0.2, 0.25) is 0 Å². The molecule has 12 aromatic rings. The van der Waals surface area contributed by atoms with E-state index in [0.29, 0.717) is 11.3 Å². The molecule has 0 aliphatic heterocycles. The van der Waals surface area contributed by atoms with E-state index in [1.165, 1.54) is 86.2 Å². The molecule has 0 N–H and O–H groups in total. The van der Waals surface area contributed by atoms with Crippen molar-refractivity contribution in [2.75, 3.05) is 0 Å². The fraction of sp³-hybridized carbons (Fsp3) is 0. The van der Waals surface area contributed by atoms with Crippen LogP contribution in [0.2, 0.25) is 0 Å². The summed E-state index contributed by atoms with van der Waals surface area (Å²) in [6, 6.07) is 59.0. The second-order valence-corrected chi connectivity index (χ2v) is 14.5. The summed E-state index contributed by atoms with van der Waals surface area (Å²) < 4.78 is 0. The highest BCUT2D eigenvalue weighted by Crippen LogP contribution is 2.54. The van der Waals surface area contributed by atoms with Gasteiger partial charge in [-0.15, -0.1) is 0 Å². The zero-order chi connectivity index (χ0) is 35.7. The predicted molar refractivity (Wildman–Crippen MR) is 228 cm³/mol. The molecule has 12 aromatic carbocycles. The molecule has 0 atom stereocenters. The standard InChI is InChI=1S/C52H26N2/c1-54-34-15-7-14-33(23-34)48-44-26-41-39-20-8-18-37-35-16-4-2-11-30(35)24-43(49(37)39)42(41)27-45(44)47(32-13-6-10-29(22-32)28-53)52-46-25-31-12-3-5-17-36(31)38-19-9-21-40(50(38)46)51(48)52/h2-27H. The van der Waals surface area contributed by atoms with E-state index in [4.69, 9.17) is 6.57 Å². The summed E-state index contributed by atoms with van der Waals surface area (Å²) in [5.74, 6) is 0. The third-order valence-corrected chi connectivity index (χ3v) is 11.9. The minimum atomic E-state index is 0.615. The van der Waals surface area contributed by atoms with Crippen LogP contribution in [-0.2, 0) is 0 Å². The normalized spacial score (nSPS) is 12.0. The second-order valence-electron chi connectivity index (χ2n) is 14.5. The molecule has 0 aliphatic rings. The molecule has 0 radical (unpaired) electrons. The van der Waals surface area contributed by atoms with E-state index >= 15 is 0 Å². The lowest BCUT2D eigenvalue weighted by atomic mass is 9.85. The SMILES string of the molecule is [C-]#[N+]c1cccc(-c2c3cc4c(cc3c(-c3cccc(C#N)c3)c3c5cc6ccccc6c6cccc(c23)c65)c2cc3ccccc3c3cccc4c32)c1. The van der Waals surface area contributed by atoms with Crippen molar-refractivity contribution in [3.05, 3.63) is 175 Å². The van der Waals surface area contributed by atoms with Crippen molar-refractivity contribution in [1.82, 2.24) is 0 Å². The Kier molecular flexibility index (Phi) is 5.67. The Balaban J connectivity index is 1.41. The maximum Gasteiger partial charge on any atom is 0.187 e. The van der Waals surface area contributed by atoms with E-state index in [9.17, 15) is 5.26 Å². The lowest BCUT2D eigenvalue weighted by Crippen LogP contribution is -1.90. The van der Waals surface area contributed by atoms with Gasteiger partial charge in [-0.25, -0.2) is 4.85 Å². The Morgan fingerprint density at radius 3 is 1.54 bits per heavy atom. The zero-order valence-electron chi connectivity index (χ0n) is 28.9. The van der Waals surface area contributed by atoms with Gasteiger partial charge in [-0.1, -0.05) is 115 Å². The molecule has 0 fully saturated rings. The first-order valence-corrected chi connectivity index (χ1v) is 18.3. The van der Waals surface area contributed by atoms with E-state index in [1.807, 2.05) is 36.4 Å². The number of hydrogen-bond donors (Lipinski definition) is 0. The van der Waals surface area contributed by atoms with Gasteiger partial charge in [-0.2, -0.15) is 5.26 Å². The molecule has 0 amide bonds. The molecule has 54 heavy (non-hydrogen) atoms. The summed E-state index contributed by atoms with van der Waals surface area (Å²) in [5.41, 5.74) is 5.55. The average molecular weight is 679 g/mol. The van der Waals surface area contributed by atoms with Crippen LogP contribution in [0.4, 0.5) is 5.69 Å². The summed E-state index contributed by atoms with van der Waals surface area (Å²) in [6.07, 6.45) is 0. The molecular weight excluding hydrogens is 653 g/mol. The number of hydrogen-bond acceptors (Lipinski definition) is 1. The minimum absolute atomic E-state index is 0.615. The summed E-state index contributed by atoms with van der Waals surface area (Å²) in [7, 11) is 0. The van der Waals surface area contributed by atoms with Crippen molar-refractivity contribution in [2.45, 2.75) is 0 Å². The monoisotopic (exact) mass is 678 g/mol. The third-order valence-electron chi connectivity index (χ3n) is 11.9. The maximum absolute atomic E-state index is 10.2. The van der Waals surface area contributed by atoms with Crippen LogP contribution in [-0.4, -0.2) is 0 Å². The quantitative estimate of drug-likeness (QED) is 0.132. The number of nitriles is 1. The summed E-state index contributed by atoms with van der Waals surface area (Å²) >= 11 is 0. The van der Waals surface area contributed by atoms with Crippen molar-refractivity contribution < 1.29 is 0 Å².